The summed E-state index contributed by atoms with van der Waals surface area (Å²) in [5.74, 6) is 1.58. The van der Waals surface area contributed by atoms with Crippen molar-refractivity contribution in [3.63, 3.8) is 0 Å². The van der Waals surface area contributed by atoms with Gasteiger partial charge in [-0.15, -0.1) is 0 Å². The van der Waals surface area contributed by atoms with Crippen LogP contribution in [0.5, 0.6) is 0 Å². The minimum absolute atomic E-state index is 0.0671. The summed E-state index contributed by atoms with van der Waals surface area (Å²) in [5, 5.41) is 0. The van der Waals surface area contributed by atoms with Crippen LogP contribution in [-0.2, 0) is 13.0 Å². The number of nitrogens with zero attached hydrogens (tertiary/aromatic N) is 6. The van der Waals surface area contributed by atoms with E-state index in [9.17, 15) is 4.79 Å². The summed E-state index contributed by atoms with van der Waals surface area (Å²) in [6.07, 6.45) is 6.63. The van der Waals surface area contributed by atoms with Crippen LogP contribution in [0.25, 0.3) is 17.2 Å². The highest BCUT2D eigenvalue weighted by Gasteiger charge is 2.29. The van der Waals surface area contributed by atoms with Gasteiger partial charge in [-0.2, -0.15) is 0 Å². The van der Waals surface area contributed by atoms with E-state index < -0.39 is 0 Å². The third-order valence-corrected chi connectivity index (χ3v) is 6.09. The van der Waals surface area contributed by atoms with Crippen molar-refractivity contribution >= 4 is 11.9 Å². The molecule has 2 aliphatic rings. The van der Waals surface area contributed by atoms with Crippen LogP contribution in [0.3, 0.4) is 0 Å². The second kappa shape index (κ2) is 7.87. The molecule has 5 rings (SSSR count). The number of nitrogens with one attached hydrogen (secondary N) is 1. The highest BCUT2D eigenvalue weighted by atomic mass is 16.1. The number of pyridine rings is 2. The van der Waals surface area contributed by atoms with Gasteiger partial charge in [-0.1, -0.05) is 0 Å². The van der Waals surface area contributed by atoms with Gasteiger partial charge in [0.05, 0.1) is 0 Å². The number of rotatable bonds is 3. The number of hydrogen-bond acceptors (Lipinski definition) is 7. The molecule has 3 aromatic heterocycles. The second-order valence-corrected chi connectivity index (χ2v) is 8.70. The van der Waals surface area contributed by atoms with Gasteiger partial charge in [-0.25, -0.2) is 14.6 Å². The van der Waals surface area contributed by atoms with E-state index in [1.807, 2.05) is 50.5 Å². The van der Waals surface area contributed by atoms with E-state index in [2.05, 4.69) is 39.4 Å². The Morgan fingerprint density at radius 3 is 2.66 bits per heavy atom. The summed E-state index contributed by atoms with van der Waals surface area (Å²) >= 11 is 0. The zero-order valence-electron chi connectivity index (χ0n) is 18.8. The van der Waals surface area contributed by atoms with Crippen LogP contribution in [0.2, 0.25) is 0 Å². The van der Waals surface area contributed by atoms with E-state index >= 15 is 0 Å². The van der Waals surface area contributed by atoms with Crippen LogP contribution in [0.15, 0.2) is 47.0 Å². The van der Waals surface area contributed by atoms with Crippen molar-refractivity contribution in [2.45, 2.75) is 33.0 Å². The molecule has 2 aliphatic heterocycles. The fourth-order valence-corrected chi connectivity index (χ4v) is 4.37. The van der Waals surface area contributed by atoms with E-state index in [1.54, 1.807) is 10.7 Å². The Morgan fingerprint density at radius 1 is 1.09 bits per heavy atom. The molecule has 0 radical (unpaired) electrons. The lowest BCUT2D eigenvalue weighted by atomic mass is 9.99. The van der Waals surface area contributed by atoms with Gasteiger partial charge in [0.15, 0.2) is 5.82 Å². The van der Waals surface area contributed by atoms with Crippen molar-refractivity contribution in [3.8, 4) is 11.1 Å². The zero-order chi connectivity index (χ0) is 22.4. The smallest absolute Gasteiger partial charge is 0.272 e. The fraction of sp³-hybridized carbons (Fsp3) is 0.333. The normalized spacial score (nSPS) is 17.8. The van der Waals surface area contributed by atoms with Gasteiger partial charge < -0.3 is 4.90 Å². The first-order chi connectivity index (χ1) is 15.4. The van der Waals surface area contributed by atoms with Crippen molar-refractivity contribution in [2.75, 3.05) is 31.0 Å². The lowest BCUT2D eigenvalue weighted by Crippen LogP contribution is -2.51. The topological polar surface area (TPSA) is 79.2 Å². The first-order valence-electron chi connectivity index (χ1n) is 10.8. The molecule has 164 valence electrons. The lowest BCUT2D eigenvalue weighted by Gasteiger charge is -2.38. The summed E-state index contributed by atoms with van der Waals surface area (Å²) in [4.78, 5) is 30.6. The maximum absolute atomic E-state index is 12.5. The number of aromatic nitrogens is 4. The monoisotopic (exact) mass is 429 g/mol. The molecule has 0 spiro atoms. The lowest BCUT2D eigenvalue weighted by molar-refractivity contribution is 0.205. The highest BCUT2D eigenvalue weighted by Crippen LogP contribution is 2.28. The Labute approximate surface area is 187 Å². The molecule has 1 atom stereocenters. The molecule has 1 N–H and O–H groups in total. The summed E-state index contributed by atoms with van der Waals surface area (Å²) in [7, 11) is 3.97. The van der Waals surface area contributed by atoms with Gasteiger partial charge in [-0.05, 0) is 49.3 Å². The molecule has 0 saturated carbocycles. The van der Waals surface area contributed by atoms with Gasteiger partial charge >= 0.3 is 0 Å². The molecule has 0 aliphatic carbocycles. The van der Waals surface area contributed by atoms with Crippen LogP contribution in [0, 0.1) is 6.92 Å². The summed E-state index contributed by atoms with van der Waals surface area (Å²) in [6.45, 7) is 5.54. The first-order valence-corrected chi connectivity index (χ1v) is 10.8. The van der Waals surface area contributed by atoms with E-state index in [1.165, 1.54) is 5.56 Å². The van der Waals surface area contributed by atoms with Gasteiger partial charge in [0, 0.05) is 74.6 Å². The Kier molecular flexibility index (Phi) is 5.01. The predicted octanol–water partition coefficient (Wildman–Crippen LogP) is 2.42. The fourth-order valence-electron chi connectivity index (χ4n) is 4.37. The van der Waals surface area contributed by atoms with Crippen molar-refractivity contribution in [2.24, 2.45) is 0 Å². The van der Waals surface area contributed by atoms with E-state index in [0.29, 0.717) is 5.82 Å². The van der Waals surface area contributed by atoms with Crippen molar-refractivity contribution in [1.29, 1.82) is 0 Å². The third-order valence-electron chi connectivity index (χ3n) is 6.09. The first kappa shape index (κ1) is 20.4. The largest absolute Gasteiger partial charge is 0.363 e. The Balaban J connectivity index is 1.41. The Bertz CT molecular complexity index is 1260. The van der Waals surface area contributed by atoms with Crippen molar-refractivity contribution in [3.05, 3.63) is 75.4 Å². The van der Waals surface area contributed by atoms with Crippen molar-refractivity contribution in [1.82, 2.24) is 24.5 Å². The van der Waals surface area contributed by atoms with Gasteiger partial charge in [0.25, 0.3) is 5.56 Å². The number of hydrogen-bond donors (Lipinski definition) is 1. The van der Waals surface area contributed by atoms with Crippen LogP contribution < -0.4 is 15.9 Å². The molecule has 0 fully saturated rings. The second-order valence-electron chi connectivity index (χ2n) is 8.70. The van der Waals surface area contributed by atoms with Gasteiger partial charge in [-0.3, -0.25) is 20.1 Å². The molecule has 0 amide bonds. The number of aryl methyl sites for hydroxylation is 1. The Morgan fingerprint density at radius 2 is 1.91 bits per heavy atom. The molecule has 8 heteroatoms. The average molecular weight is 430 g/mol. The number of anilines is 1. The highest BCUT2D eigenvalue weighted by molar-refractivity contribution is 5.64. The summed E-state index contributed by atoms with van der Waals surface area (Å²) in [5.41, 5.74) is 9.61. The van der Waals surface area contributed by atoms with E-state index in [0.717, 1.165) is 53.4 Å². The minimum Gasteiger partial charge on any atom is -0.363 e. The van der Waals surface area contributed by atoms with Crippen molar-refractivity contribution < 1.29 is 0 Å². The third kappa shape index (κ3) is 3.67. The molecule has 0 bridgehead atoms. The van der Waals surface area contributed by atoms with Gasteiger partial charge in [0.1, 0.15) is 12.0 Å². The average Bonchev–Trinajstić information content (AvgIpc) is 2.78. The molecule has 3 aromatic rings. The Hall–Kier alpha value is -3.52. The molecule has 8 nitrogen and oxygen atoms in total. The number of fused-ring (bicyclic) bond motifs is 2. The van der Waals surface area contributed by atoms with Crippen LogP contribution in [-0.4, -0.2) is 51.3 Å². The molecule has 0 aromatic carbocycles. The van der Waals surface area contributed by atoms with Crippen LogP contribution in [0.1, 0.15) is 29.7 Å². The van der Waals surface area contributed by atoms with E-state index in [-0.39, 0.29) is 11.7 Å². The van der Waals surface area contributed by atoms with E-state index in [4.69, 9.17) is 4.98 Å². The SMILES string of the molecule is CC1=Cc2nc(C)cc(=O)n2NC1N1CCc2ncc(-c3ccc(N(C)C)nc3)cc2C1. The van der Waals surface area contributed by atoms with Crippen LogP contribution in [0.4, 0.5) is 5.82 Å². The van der Waals surface area contributed by atoms with Gasteiger partial charge in [0.2, 0.25) is 0 Å². The molecule has 1 unspecified atom stereocenters. The molecule has 5 heterocycles. The van der Waals surface area contributed by atoms with Crippen LogP contribution >= 0.6 is 0 Å². The molecular formula is C24H27N7O. The maximum atomic E-state index is 12.5. The zero-order valence-corrected chi connectivity index (χ0v) is 18.8. The maximum Gasteiger partial charge on any atom is 0.272 e. The molecular weight excluding hydrogens is 402 g/mol. The quantitative estimate of drug-likeness (QED) is 0.685. The summed E-state index contributed by atoms with van der Waals surface area (Å²) < 4.78 is 1.55. The molecule has 32 heavy (non-hydrogen) atoms. The molecule has 0 saturated heterocycles. The minimum atomic E-state index is -0.0868. The summed E-state index contributed by atoms with van der Waals surface area (Å²) in [6, 6.07) is 7.87. The predicted molar refractivity (Wildman–Crippen MR) is 126 cm³/mol. The standard InChI is InChI=1S/C24H27N7O/c1-15-9-22-27-16(2)10-23(32)31(22)28-24(15)30-8-7-20-19(14-30)11-18(13-25-20)17-5-6-21(26-12-17)29(3)4/h5-6,9-13,24,28H,7-8,14H2,1-4H3.